The lowest BCUT2D eigenvalue weighted by molar-refractivity contribution is 0.0978. The van der Waals surface area contributed by atoms with Crippen molar-refractivity contribution in [2.75, 3.05) is 5.73 Å². The number of benzene rings is 1. The molecular formula is C25H26N4O4S. The molecule has 0 radical (unpaired) electrons. The van der Waals surface area contributed by atoms with E-state index in [2.05, 4.69) is 20.8 Å². The molecule has 176 valence electrons. The number of nitrogens with zero attached hydrogens (tertiary/aromatic N) is 2. The van der Waals surface area contributed by atoms with Crippen molar-refractivity contribution < 1.29 is 17.9 Å². The van der Waals surface area contributed by atoms with E-state index in [4.69, 9.17) is 10.5 Å². The third-order valence-electron chi connectivity index (χ3n) is 5.53. The Morgan fingerprint density at radius 2 is 1.79 bits per heavy atom. The first-order valence-electron chi connectivity index (χ1n) is 10.9. The van der Waals surface area contributed by atoms with Gasteiger partial charge in [-0.05, 0) is 81.0 Å². The highest BCUT2D eigenvalue weighted by molar-refractivity contribution is 7.90. The van der Waals surface area contributed by atoms with Gasteiger partial charge in [-0.1, -0.05) is 29.8 Å². The third-order valence-corrected chi connectivity index (χ3v) is 6.76. The van der Waals surface area contributed by atoms with Crippen LogP contribution in [0.5, 0.6) is 11.6 Å². The molecule has 34 heavy (non-hydrogen) atoms. The molecule has 0 bridgehead atoms. The van der Waals surface area contributed by atoms with Crippen molar-refractivity contribution in [3.8, 4) is 11.6 Å². The SMILES string of the molecule is Cc1cc(C)c(Oc2nc(C3=CCCC3)ccc2C(=O)NS(=O)(=O)c2cccc(N)n2)c(C)c1. The second kappa shape index (κ2) is 9.26. The summed E-state index contributed by atoms with van der Waals surface area (Å²) < 4.78 is 33.7. The van der Waals surface area contributed by atoms with Crippen molar-refractivity contribution in [3.05, 3.63) is 76.5 Å². The van der Waals surface area contributed by atoms with Crippen molar-refractivity contribution in [2.45, 2.75) is 45.1 Å². The Morgan fingerprint density at radius 3 is 2.44 bits per heavy atom. The van der Waals surface area contributed by atoms with Gasteiger partial charge in [-0.2, -0.15) is 8.42 Å². The van der Waals surface area contributed by atoms with Gasteiger partial charge in [0.05, 0.1) is 5.69 Å². The van der Waals surface area contributed by atoms with Crippen molar-refractivity contribution in [1.29, 1.82) is 0 Å². The zero-order chi connectivity index (χ0) is 24.5. The number of aryl methyl sites for hydroxylation is 3. The first-order chi connectivity index (χ1) is 16.1. The Balaban J connectivity index is 1.73. The van der Waals surface area contributed by atoms with E-state index in [1.165, 1.54) is 24.3 Å². The lowest BCUT2D eigenvalue weighted by Gasteiger charge is -2.16. The molecule has 0 atom stereocenters. The molecule has 0 fully saturated rings. The molecule has 0 saturated carbocycles. The third kappa shape index (κ3) is 4.94. The number of nitrogens with one attached hydrogen (secondary N) is 1. The van der Waals surface area contributed by atoms with Gasteiger partial charge in [-0.25, -0.2) is 14.7 Å². The molecular weight excluding hydrogens is 452 g/mol. The highest BCUT2D eigenvalue weighted by Gasteiger charge is 2.25. The van der Waals surface area contributed by atoms with E-state index in [0.717, 1.165) is 41.5 Å². The fourth-order valence-electron chi connectivity index (χ4n) is 4.01. The predicted molar refractivity (Wildman–Crippen MR) is 130 cm³/mol. The van der Waals surface area contributed by atoms with Crippen molar-refractivity contribution in [1.82, 2.24) is 14.7 Å². The fraction of sp³-hybridized carbons (Fsp3) is 0.240. The zero-order valence-corrected chi connectivity index (χ0v) is 20.1. The van der Waals surface area contributed by atoms with Gasteiger partial charge in [0.15, 0.2) is 5.03 Å². The standard InChI is InChI=1S/C25H26N4O4S/c1-15-13-16(2)23(17(3)14-15)33-25-19(11-12-20(27-25)18-7-4-5-8-18)24(30)29-34(31,32)22-10-6-9-21(26)28-22/h6-7,9-14H,4-5,8H2,1-3H3,(H2,26,28)(H,29,30). The number of amides is 1. The summed E-state index contributed by atoms with van der Waals surface area (Å²) in [7, 11) is -4.25. The molecule has 4 rings (SSSR count). The topological polar surface area (TPSA) is 124 Å². The minimum Gasteiger partial charge on any atom is -0.438 e. The van der Waals surface area contributed by atoms with Crippen LogP contribution in [-0.2, 0) is 10.0 Å². The van der Waals surface area contributed by atoms with E-state index in [9.17, 15) is 13.2 Å². The minimum atomic E-state index is -4.25. The number of hydrogen-bond acceptors (Lipinski definition) is 7. The number of hydrogen-bond donors (Lipinski definition) is 2. The van der Waals surface area contributed by atoms with E-state index in [0.29, 0.717) is 11.4 Å². The second-order valence-corrected chi connectivity index (χ2v) is 9.97. The van der Waals surface area contributed by atoms with Crippen LogP contribution in [0.25, 0.3) is 5.57 Å². The van der Waals surface area contributed by atoms with Crippen LogP contribution < -0.4 is 15.2 Å². The maximum Gasteiger partial charge on any atom is 0.281 e. The molecule has 0 spiro atoms. The van der Waals surface area contributed by atoms with Crippen LogP contribution in [0.4, 0.5) is 5.82 Å². The minimum absolute atomic E-state index is 0.00537. The molecule has 3 N–H and O–H groups in total. The first kappa shape index (κ1) is 23.4. The highest BCUT2D eigenvalue weighted by Crippen LogP contribution is 2.33. The lowest BCUT2D eigenvalue weighted by atomic mass is 10.1. The van der Waals surface area contributed by atoms with E-state index in [-0.39, 0.29) is 22.3 Å². The van der Waals surface area contributed by atoms with Gasteiger partial charge in [-0.15, -0.1) is 0 Å². The molecule has 2 heterocycles. The van der Waals surface area contributed by atoms with Crippen molar-refractivity contribution in [3.63, 3.8) is 0 Å². The average molecular weight is 479 g/mol. The summed E-state index contributed by atoms with van der Waals surface area (Å²) >= 11 is 0. The number of pyridine rings is 2. The zero-order valence-electron chi connectivity index (χ0n) is 19.3. The molecule has 8 nitrogen and oxygen atoms in total. The Labute approximate surface area is 198 Å². The van der Waals surface area contributed by atoms with Crippen LogP contribution in [0.15, 0.2) is 53.6 Å². The van der Waals surface area contributed by atoms with E-state index in [1.54, 1.807) is 6.07 Å². The van der Waals surface area contributed by atoms with Crippen LogP contribution in [0.2, 0.25) is 0 Å². The number of carbonyl (C=O) groups is 1. The molecule has 0 aliphatic heterocycles. The van der Waals surface area contributed by atoms with Crippen LogP contribution in [-0.4, -0.2) is 24.3 Å². The molecule has 3 aromatic rings. The number of ether oxygens (including phenoxy) is 1. The summed E-state index contributed by atoms with van der Waals surface area (Å²) in [6.45, 7) is 5.81. The van der Waals surface area contributed by atoms with Gasteiger partial charge in [0.2, 0.25) is 5.88 Å². The summed E-state index contributed by atoms with van der Waals surface area (Å²) in [5.41, 5.74) is 10.2. The lowest BCUT2D eigenvalue weighted by Crippen LogP contribution is -2.31. The van der Waals surface area contributed by atoms with Crippen molar-refractivity contribution in [2.24, 2.45) is 0 Å². The molecule has 1 amide bonds. The van der Waals surface area contributed by atoms with Crippen LogP contribution >= 0.6 is 0 Å². The summed E-state index contributed by atoms with van der Waals surface area (Å²) in [6.07, 6.45) is 5.01. The highest BCUT2D eigenvalue weighted by atomic mass is 32.2. The average Bonchev–Trinajstić information content (AvgIpc) is 3.31. The number of aromatic nitrogens is 2. The van der Waals surface area contributed by atoms with E-state index >= 15 is 0 Å². The number of carbonyl (C=O) groups excluding carboxylic acids is 1. The van der Waals surface area contributed by atoms with Crippen LogP contribution in [0.3, 0.4) is 0 Å². The molecule has 1 aromatic carbocycles. The largest absolute Gasteiger partial charge is 0.438 e. The molecule has 0 saturated heterocycles. The molecule has 0 unspecified atom stereocenters. The van der Waals surface area contributed by atoms with Gasteiger partial charge in [0.25, 0.3) is 15.9 Å². The molecule has 1 aliphatic carbocycles. The Morgan fingerprint density at radius 1 is 1.06 bits per heavy atom. The number of allylic oxidation sites excluding steroid dienone is 2. The summed E-state index contributed by atoms with van der Waals surface area (Å²) in [4.78, 5) is 21.5. The number of sulfonamides is 1. The molecule has 9 heteroatoms. The van der Waals surface area contributed by atoms with Crippen LogP contribution in [0, 0.1) is 20.8 Å². The first-order valence-corrected chi connectivity index (χ1v) is 12.4. The Kier molecular flexibility index (Phi) is 6.39. The summed E-state index contributed by atoms with van der Waals surface area (Å²) in [5.74, 6) is -0.236. The fourth-order valence-corrected chi connectivity index (χ4v) is 4.95. The predicted octanol–water partition coefficient (Wildman–Crippen LogP) is 4.46. The number of anilines is 1. The molecule has 2 aromatic heterocycles. The second-order valence-electron chi connectivity index (χ2n) is 8.34. The van der Waals surface area contributed by atoms with Gasteiger partial charge in [0, 0.05) is 0 Å². The van der Waals surface area contributed by atoms with E-state index < -0.39 is 15.9 Å². The smallest absolute Gasteiger partial charge is 0.281 e. The maximum atomic E-state index is 13.1. The quantitative estimate of drug-likeness (QED) is 0.536. The maximum absolute atomic E-state index is 13.1. The molecule has 1 aliphatic rings. The number of rotatable bonds is 6. The van der Waals surface area contributed by atoms with Crippen molar-refractivity contribution >= 4 is 27.3 Å². The Hall–Kier alpha value is -3.72. The van der Waals surface area contributed by atoms with Gasteiger partial charge < -0.3 is 10.5 Å². The van der Waals surface area contributed by atoms with Gasteiger partial charge in [-0.3, -0.25) is 4.79 Å². The summed E-state index contributed by atoms with van der Waals surface area (Å²) in [6, 6.07) is 11.4. The monoisotopic (exact) mass is 478 g/mol. The number of nitrogens with two attached hydrogens (primary N) is 1. The van der Waals surface area contributed by atoms with Crippen LogP contribution in [0.1, 0.15) is 52.0 Å². The van der Waals surface area contributed by atoms with Gasteiger partial charge in [0.1, 0.15) is 17.1 Å². The normalized spacial score (nSPS) is 13.4. The van der Waals surface area contributed by atoms with Gasteiger partial charge >= 0.3 is 0 Å². The summed E-state index contributed by atoms with van der Waals surface area (Å²) in [5, 5.41) is -0.353. The Bertz CT molecular complexity index is 1390. The van der Waals surface area contributed by atoms with E-state index in [1.807, 2.05) is 32.9 Å². The number of nitrogen functional groups attached to an aromatic ring is 1.